The fourth-order valence-corrected chi connectivity index (χ4v) is 1.71. The van der Waals surface area contributed by atoms with E-state index >= 15 is 0 Å². The van der Waals surface area contributed by atoms with Crippen molar-refractivity contribution in [2.45, 2.75) is 0 Å². The van der Waals surface area contributed by atoms with E-state index in [2.05, 4.69) is 30.9 Å². The highest BCUT2D eigenvalue weighted by molar-refractivity contribution is 9.10. The summed E-state index contributed by atoms with van der Waals surface area (Å²) in [7, 11) is 1.51. The van der Waals surface area contributed by atoms with Crippen LogP contribution in [0.2, 0.25) is 0 Å². The first kappa shape index (κ1) is 9.14. The maximum Gasteiger partial charge on any atom is 0.345 e. The molecule has 0 saturated heterocycles. The molecule has 0 bridgehead atoms. The minimum atomic E-state index is -0.397. The van der Waals surface area contributed by atoms with Gasteiger partial charge in [-0.2, -0.15) is 0 Å². The molecule has 0 aromatic carbocycles. The summed E-state index contributed by atoms with van der Waals surface area (Å²) in [5, 5.41) is 0.747. The van der Waals surface area contributed by atoms with E-state index in [0.29, 0.717) is 15.9 Å². The Morgan fingerprint density at radius 3 is 2.86 bits per heavy atom. The molecular weight excluding hydrogens is 250 g/mol. The van der Waals surface area contributed by atoms with E-state index in [1.807, 2.05) is 0 Å². The molecular formula is C8H6BrN3O2. The van der Waals surface area contributed by atoms with Crippen molar-refractivity contribution in [1.29, 1.82) is 0 Å². The zero-order valence-corrected chi connectivity index (χ0v) is 8.83. The number of hydrogen-bond donors (Lipinski definition) is 1. The fourth-order valence-electron chi connectivity index (χ4n) is 1.12. The maximum absolute atomic E-state index is 11.0. The van der Waals surface area contributed by atoms with Gasteiger partial charge < -0.3 is 9.72 Å². The number of halogens is 1. The number of rotatable bonds is 1. The molecule has 0 saturated carbocycles. The Kier molecular flexibility index (Phi) is 2.20. The van der Waals surface area contributed by atoms with Crippen molar-refractivity contribution in [1.82, 2.24) is 15.0 Å². The van der Waals surface area contributed by atoms with Gasteiger partial charge in [-0.3, -0.25) is 0 Å². The van der Waals surface area contributed by atoms with Gasteiger partial charge in [0, 0.05) is 17.8 Å². The van der Waals surface area contributed by atoms with Gasteiger partial charge in [0.25, 0.3) is 0 Å². The van der Waals surface area contributed by atoms with Crippen LogP contribution in [0.5, 0.6) is 5.88 Å². The average molecular weight is 256 g/mol. The summed E-state index contributed by atoms with van der Waals surface area (Å²) in [4.78, 5) is 21.2. The van der Waals surface area contributed by atoms with Crippen LogP contribution in [0.4, 0.5) is 0 Å². The summed E-state index contributed by atoms with van der Waals surface area (Å²) in [5.74, 6) is 0.430. The molecule has 6 heteroatoms. The molecule has 2 aromatic heterocycles. The second kappa shape index (κ2) is 3.38. The van der Waals surface area contributed by atoms with Gasteiger partial charge in [0.2, 0.25) is 5.88 Å². The van der Waals surface area contributed by atoms with E-state index in [9.17, 15) is 4.79 Å². The smallest absolute Gasteiger partial charge is 0.345 e. The van der Waals surface area contributed by atoms with Gasteiger partial charge in [0.15, 0.2) is 0 Å². The summed E-state index contributed by atoms with van der Waals surface area (Å²) in [6.07, 6.45) is 3.05. The summed E-state index contributed by atoms with van der Waals surface area (Å²) in [6, 6.07) is 0. The number of ether oxygens (including phenoxy) is 1. The fraction of sp³-hybridized carbons (Fsp3) is 0.125. The predicted molar refractivity (Wildman–Crippen MR) is 54.4 cm³/mol. The van der Waals surface area contributed by atoms with E-state index in [0.717, 1.165) is 5.39 Å². The van der Waals surface area contributed by atoms with Crippen LogP contribution < -0.4 is 10.4 Å². The Morgan fingerprint density at radius 2 is 2.14 bits per heavy atom. The molecule has 14 heavy (non-hydrogen) atoms. The SMILES string of the molecule is COc1ncc2cnc(=O)[nH]c2c1Br. The van der Waals surface area contributed by atoms with E-state index in [1.165, 1.54) is 13.3 Å². The normalized spacial score (nSPS) is 10.4. The summed E-state index contributed by atoms with van der Waals surface area (Å²) in [5.41, 5.74) is 0.239. The van der Waals surface area contributed by atoms with Gasteiger partial charge in [0.05, 0.1) is 12.6 Å². The molecule has 0 aliphatic heterocycles. The quantitative estimate of drug-likeness (QED) is 0.829. The van der Waals surface area contributed by atoms with Crippen LogP contribution in [0.3, 0.4) is 0 Å². The Bertz CT molecular complexity index is 538. The lowest BCUT2D eigenvalue weighted by Crippen LogP contribution is -2.09. The molecule has 0 aliphatic rings. The van der Waals surface area contributed by atoms with Crippen LogP contribution in [0.15, 0.2) is 21.7 Å². The largest absolute Gasteiger partial charge is 0.480 e. The van der Waals surface area contributed by atoms with Gasteiger partial charge in [-0.1, -0.05) is 0 Å². The van der Waals surface area contributed by atoms with Crippen molar-refractivity contribution >= 4 is 26.8 Å². The van der Waals surface area contributed by atoms with Crippen LogP contribution in [0.25, 0.3) is 10.9 Å². The second-order valence-corrected chi connectivity index (χ2v) is 3.39. The molecule has 0 radical (unpaired) electrons. The topological polar surface area (TPSA) is 67.9 Å². The van der Waals surface area contributed by atoms with Gasteiger partial charge >= 0.3 is 5.69 Å². The van der Waals surface area contributed by atoms with Crippen molar-refractivity contribution in [3.63, 3.8) is 0 Å². The van der Waals surface area contributed by atoms with E-state index in [-0.39, 0.29) is 0 Å². The van der Waals surface area contributed by atoms with Gasteiger partial charge in [-0.15, -0.1) is 0 Å². The molecule has 0 spiro atoms. The highest BCUT2D eigenvalue weighted by atomic mass is 79.9. The highest BCUT2D eigenvalue weighted by Gasteiger charge is 2.07. The number of nitrogens with zero attached hydrogens (tertiary/aromatic N) is 2. The third-order valence-electron chi connectivity index (χ3n) is 1.76. The Balaban J connectivity index is 2.86. The number of nitrogens with one attached hydrogen (secondary N) is 1. The van der Waals surface area contributed by atoms with Gasteiger partial charge in [-0.05, 0) is 15.9 Å². The summed E-state index contributed by atoms with van der Waals surface area (Å²) in [6.45, 7) is 0. The zero-order valence-electron chi connectivity index (χ0n) is 7.24. The number of hydrogen-bond acceptors (Lipinski definition) is 4. The minimum Gasteiger partial charge on any atom is -0.480 e. The van der Waals surface area contributed by atoms with Gasteiger partial charge in [0.1, 0.15) is 4.47 Å². The molecule has 5 nitrogen and oxygen atoms in total. The standard InChI is InChI=1S/C8H6BrN3O2/c1-14-7-5(9)6-4(2-10-7)3-11-8(13)12-6/h2-3H,1H3,(H,11,12,13). The van der Waals surface area contributed by atoms with Crippen molar-refractivity contribution in [3.05, 3.63) is 27.4 Å². The van der Waals surface area contributed by atoms with Crippen LogP contribution in [-0.2, 0) is 0 Å². The monoisotopic (exact) mass is 255 g/mol. The molecule has 0 fully saturated rings. The molecule has 2 heterocycles. The average Bonchev–Trinajstić information content (AvgIpc) is 2.20. The van der Waals surface area contributed by atoms with E-state index in [4.69, 9.17) is 4.74 Å². The van der Waals surface area contributed by atoms with Gasteiger partial charge in [-0.25, -0.2) is 14.8 Å². The molecule has 0 amide bonds. The van der Waals surface area contributed by atoms with Crippen LogP contribution in [0.1, 0.15) is 0 Å². The first-order valence-corrected chi connectivity index (χ1v) is 4.59. The molecule has 1 N–H and O–H groups in total. The minimum absolute atomic E-state index is 0.397. The predicted octanol–water partition coefficient (Wildman–Crippen LogP) is 1.09. The third-order valence-corrected chi connectivity index (χ3v) is 2.50. The lowest BCUT2D eigenvalue weighted by atomic mass is 10.3. The Hall–Kier alpha value is -1.43. The lowest BCUT2D eigenvalue weighted by Gasteiger charge is -2.03. The van der Waals surface area contributed by atoms with Crippen molar-refractivity contribution in [3.8, 4) is 5.88 Å². The highest BCUT2D eigenvalue weighted by Crippen LogP contribution is 2.27. The van der Waals surface area contributed by atoms with Crippen LogP contribution in [-0.4, -0.2) is 22.1 Å². The summed E-state index contributed by atoms with van der Waals surface area (Å²) < 4.78 is 5.61. The first-order valence-electron chi connectivity index (χ1n) is 3.80. The molecule has 0 atom stereocenters. The van der Waals surface area contributed by atoms with E-state index < -0.39 is 5.69 Å². The number of fused-ring (bicyclic) bond motifs is 1. The maximum atomic E-state index is 11.0. The number of H-pyrrole nitrogens is 1. The van der Waals surface area contributed by atoms with Crippen LogP contribution >= 0.6 is 15.9 Å². The van der Waals surface area contributed by atoms with Crippen molar-refractivity contribution in [2.24, 2.45) is 0 Å². The Morgan fingerprint density at radius 1 is 1.43 bits per heavy atom. The number of aromatic amines is 1. The third kappa shape index (κ3) is 1.37. The van der Waals surface area contributed by atoms with Crippen molar-refractivity contribution < 1.29 is 4.74 Å². The molecule has 2 aromatic rings. The Labute approximate surface area is 87.3 Å². The zero-order chi connectivity index (χ0) is 10.1. The molecule has 72 valence electrons. The second-order valence-electron chi connectivity index (χ2n) is 2.60. The number of pyridine rings is 1. The van der Waals surface area contributed by atoms with Crippen molar-refractivity contribution in [2.75, 3.05) is 7.11 Å². The molecule has 0 aliphatic carbocycles. The van der Waals surface area contributed by atoms with Crippen LogP contribution in [0, 0.1) is 0 Å². The summed E-state index contributed by atoms with van der Waals surface area (Å²) >= 11 is 3.29. The number of methoxy groups -OCH3 is 1. The first-order chi connectivity index (χ1) is 6.72. The molecule has 2 rings (SSSR count). The van der Waals surface area contributed by atoms with E-state index in [1.54, 1.807) is 6.20 Å². The lowest BCUT2D eigenvalue weighted by molar-refractivity contribution is 0.396. The molecule has 0 unspecified atom stereocenters. The number of aromatic nitrogens is 3.